The number of aromatic nitrogens is 3. The van der Waals surface area contributed by atoms with Crippen LogP contribution < -0.4 is 0 Å². The molecule has 3 heterocycles. The van der Waals surface area contributed by atoms with E-state index in [1.807, 2.05) is 79.0 Å². The molecule has 1 fully saturated rings. The number of amides is 1. The van der Waals surface area contributed by atoms with E-state index >= 15 is 0 Å². The van der Waals surface area contributed by atoms with Crippen molar-refractivity contribution >= 4 is 28.4 Å². The molecule has 1 amide bonds. The first-order valence-corrected chi connectivity index (χ1v) is 12.0. The highest BCUT2D eigenvalue weighted by Gasteiger charge is 2.25. The molecule has 174 valence electrons. The number of piperazine rings is 1. The van der Waals surface area contributed by atoms with Crippen molar-refractivity contribution in [3.63, 3.8) is 0 Å². The van der Waals surface area contributed by atoms with Crippen molar-refractivity contribution in [2.45, 2.75) is 20.4 Å². The Balaban J connectivity index is 1.42. The molecule has 2 aromatic carbocycles. The summed E-state index contributed by atoms with van der Waals surface area (Å²) in [7, 11) is 1.93. The second kappa shape index (κ2) is 9.20. The van der Waals surface area contributed by atoms with Crippen LogP contribution in [0.1, 0.15) is 27.3 Å². The molecule has 0 N–H and O–H groups in total. The van der Waals surface area contributed by atoms with Crippen LogP contribution in [0.15, 0.2) is 54.6 Å². The third-order valence-corrected chi connectivity index (χ3v) is 7.09. The molecule has 4 aromatic rings. The average molecular weight is 474 g/mol. The summed E-state index contributed by atoms with van der Waals surface area (Å²) in [6, 6.07) is 17.8. The van der Waals surface area contributed by atoms with Gasteiger partial charge in [-0.05, 0) is 37.6 Å². The van der Waals surface area contributed by atoms with E-state index in [9.17, 15) is 4.79 Å². The lowest BCUT2D eigenvalue weighted by Crippen LogP contribution is -2.48. The first kappa shape index (κ1) is 22.6. The lowest BCUT2D eigenvalue weighted by molar-refractivity contribution is 0.0630. The van der Waals surface area contributed by atoms with Gasteiger partial charge in [-0.25, -0.2) is 4.98 Å². The molecule has 0 unspecified atom stereocenters. The topological polar surface area (TPSA) is 54.3 Å². The summed E-state index contributed by atoms with van der Waals surface area (Å²) >= 11 is 6.34. The Kier molecular flexibility index (Phi) is 6.11. The molecule has 34 heavy (non-hydrogen) atoms. The van der Waals surface area contributed by atoms with Gasteiger partial charge in [0.15, 0.2) is 0 Å². The van der Waals surface area contributed by atoms with Crippen LogP contribution in [0.25, 0.3) is 22.2 Å². The Hall–Kier alpha value is -3.22. The van der Waals surface area contributed by atoms with Crippen LogP contribution in [0, 0.1) is 13.8 Å². The zero-order valence-corrected chi connectivity index (χ0v) is 20.5. The van der Waals surface area contributed by atoms with E-state index < -0.39 is 0 Å². The number of para-hydroxylation sites is 1. The monoisotopic (exact) mass is 473 g/mol. The van der Waals surface area contributed by atoms with Crippen LogP contribution >= 0.6 is 11.6 Å². The van der Waals surface area contributed by atoms with Gasteiger partial charge in [-0.15, -0.1) is 0 Å². The predicted molar refractivity (Wildman–Crippen MR) is 136 cm³/mol. The number of hydrogen-bond donors (Lipinski definition) is 0. The van der Waals surface area contributed by atoms with E-state index in [1.165, 1.54) is 0 Å². The maximum Gasteiger partial charge on any atom is 0.254 e. The van der Waals surface area contributed by atoms with E-state index in [1.54, 1.807) is 0 Å². The van der Waals surface area contributed by atoms with Gasteiger partial charge < -0.3 is 4.90 Å². The minimum atomic E-state index is 0.0523. The molecule has 1 aliphatic rings. The first-order chi connectivity index (χ1) is 16.4. The normalized spacial score (nSPS) is 14.6. The predicted octanol–water partition coefficient (Wildman–Crippen LogP) is 4.86. The van der Waals surface area contributed by atoms with Crippen LogP contribution in [0.3, 0.4) is 0 Å². The number of halogens is 1. The lowest BCUT2D eigenvalue weighted by Gasteiger charge is -2.35. The van der Waals surface area contributed by atoms with Gasteiger partial charge in [-0.2, -0.15) is 5.10 Å². The zero-order chi connectivity index (χ0) is 23.8. The molecule has 7 heteroatoms. The summed E-state index contributed by atoms with van der Waals surface area (Å²) < 4.78 is 1.86. The molecular weight excluding hydrogens is 446 g/mol. The Morgan fingerprint density at radius 3 is 2.41 bits per heavy atom. The second-order valence-electron chi connectivity index (χ2n) is 8.90. The molecule has 0 spiro atoms. The summed E-state index contributed by atoms with van der Waals surface area (Å²) in [5, 5.41) is 6.22. The quantitative estimate of drug-likeness (QED) is 0.424. The van der Waals surface area contributed by atoms with Gasteiger partial charge >= 0.3 is 0 Å². The van der Waals surface area contributed by atoms with Crippen molar-refractivity contribution in [1.82, 2.24) is 24.6 Å². The number of hydrogen-bond acceptors (Lipinski definition) is 4. The van der Waals surface area contributed by atoms with E-state index in [-0.39, 0.29) is 5.91 Å². The molecule has 0 bridgehead atoms. The number of benzene rings is 2. The van der Waals surface area contributed by atoms with Crippen molar-refractivity contribution in [2.24, 2.45) is 7.05 Å². The van der Waals surface area contributed by atoms with Crippen LogP contribution in [0.5, 0.6) is 0 Å². The number of rotatable bonds is 4. The van der Waals surface area contributed by atoms with Crippen molar-refractivity contribution in [3.8, 4) is 11.3 Å². The number of pyridine rings is 1. The SMILES string of the molecule is Cc1nn(C)c(C)c1-c1cc(C(=O)N2CCN(Cc3ccccc3Cl)CC2)c2ccccc2n1. The van der Waals surface area contributed by atoms with Crippen molar-refractivity contribution in [2.75, 3.05) is 26.2 Å². The highest BCUT2D eigenvalue weighted by atomic mass is 35.5. The van der Waals surface area contributed by atoms with E-state index in [0.29, 0.717) is 18.7 Å². The minimum Gasteiger partial charge on any atom is -0.336 e. The maximum atomic E-state index is 13.7. The summed E-state index contributed by atoms with van der Waals surface area (Å²) in [4.78, 5) is 22.9. The summed E-state index contributed by atoms with van der Waals surface area (Å²) in [5.74, 6) is 0.0523. The van der Waals surface area contributed by atoms with E-state index in [2.05, 4.69) is 16.1 Å². The van der Waals surface area contributed by atoms with Crippen LogP contribution in [-0.4, -0.2) is 56.7 Å². The van der Waals surface area contributed by atoms with Crippen LogP contribution in [0.2, 0.25) is 5.02 Å². The number of carbonyl (C=O) groups is 1. The average Bonchev–Trinajstić information content (AvgIpc) is 3.10. The number of fused-ring (bicyclic) bond motifs is 1. The van der Waals surface area contributed by atoms with Gasteiger partial charge in [0.1, 0.15) is 0 Å². The molecule has 0 radical (unpaired) electrons. The molecule has 0 saturated carbocycles. The van der Waals surface area contributed by atoms with Crippen molar-refractivity contribution in [3.05, 3.63) is 82.1 Å². The van der Waals surface area contributed by atoms with Crippen LogP contribution in [-0.2, 0) is 13.6 Å². The Bertz CT molecular complexity index is 1370. The Morgan fingerprint density at radius 1 is 1.00 bits per heavy atom. The van der Waals surface area contributed by atoms with Gasteiger partial charge in [-0.1, -0.05) is 48.0 Å². The molecule has 6 nitrogen and oxygen atoms in total. The standard InChI is InChI=1S/C27H28ClN5O/c1-18-26(19(2)31(3)30-18)25-16-22(21-9-5-7-11-24(21)29-25)27(34)33-14-12-32(13-15-33)17-20-8-4-6-10-23(20)28/h4-11,16H,12-15,17H2,1-3H3. The fraction of sp³-hybridized carbons (Fsp3) is 0.296. The number of aryl methyl sites for hydroxylation is 2. The third-order valence-electron chi connectivity index (χ3n) is 6.72. The zero-order valence-electron chi connectivity index (χ0n) is 19.8. The third kappa shape index (κ3) is 4.19. The number of nitrogens with zero attached hydrogens (tertiary/aromatic N) is 5. The Morgan fingerprint density at radius 2 is 1.71 bits per heavy atom. The van der Waals surface area contributed by atoms with Gasteiger partial charge in [0, 0.05) is 61.4 Å². The minimum absolute atomic E-state index is 0.0523. The number of carbonyl (C=O) groups excluding carboxylic acids is 1. The molecule has 5 rings (SSSR count). The molecule has 2 aromatic heterocycles. The maximum absolute atomic E-state index is 13.7. The van der Waals surface area contributed by atoms with E-state index in [0.717, 1.165) is 63.8 Å². The van der Waals surface area contributed by atoms with E-state index in [4.69, 9.17) is 16.6 Å². The molecular formula is C27H28ClN5O. The molecule has 1 aliphatic heterocycles. The fourth-order valence-corrected chi connectivity index (χ4v) is 4.97. The van der Waals surface area contributed by atoms with Gasteiger partial charge in [0.2, 0.25) is 0 Å². The fourth-order valence-electron chi connectivity index (χ4n) is 4.77. The smallest absolute Gasteiger partial charge is 0.254 e. The molecule has 0 atom stereocenters. The molecule has 1 saturated heterocycles. The highest BCUT2D eigenvalue weighted by Crippen LogP contribution is 2.30. The highest BCUT2D eigenvalue weighted by molar-refractivity contribution is 6.31. The van der Waals surface area contributed by atoms with Gasteiger partial charge in [-0.3, -0.25) is 14.4 Å². The van der Waals surface area contributed by atoms with Crippen molar-refractivity contribution in [1.29, 1.82) is 0 Å². The molecule has 0 aliphatic carbocycles. The van der Waals surface area contributed by atoms with Gasteiger partial charge in [0.25, 0.3) is 5.91 Å². The largest absolute Gasteiger partial charge is 0.336 e. The Labute approximate surface area is 204 Å². The van der Waals surface area contributed by atoms with Crippen LogP contribution in [0.4, 0.5) is 0 Å². The first-order valence-electron chi connectivity index (χ1n) is 11.6. The second-order valence-corrected chi connectivity index (χ2v) is 9.31. The summed E-state index contributed by atoms with van der Waals surface area (Å²) in [6.07, 6.45) is 0. The summed E-state index contributed by atoms with van der Waals surface area (Å²) in [5.41, 5.74) is 6.37. The van der Waals surface area contributed by atoms with Gasteiger partial charge in [0.05, 0.1) is 22.5 Å². The lowest BCUT2D eigenvalue weighted by atomic mass is 10.0. The van der Waals surface area contributed by atoms with Crippen molar-refractivity contribution < 1.29 is 4.79 Å². The summed E-state index contributed by atoms with van der Waals surface area (Å²) in [6.45, 7) is 7.80.